The summed E-state index contributed by atoms with van der Waals surface area (Å²) in [6.45, 7) is 6.77. The molecule has 32 heavy (non-hydrogen) atoms. The molecule has 1 amide bonds. The van der Waals surface area contributed by atoms with E-state index in [1.165, 1.54) is 4.57 Å². The summed E-state index contributed by atoms with van der Waals surface area (Å²) in [5.74, 6) is 0.383. The van der Waals surface area contributed by atoms with Crippen molar-refractivity contribution in [3.63, 3.8) is 0 Å². The molecule has 0 bridgehead atoms. The monoisotopic (exact) mass is 600 g/mol. The van der Waals surface area contributed by atoms with Gasteiger partial charge in [-0.25, -0.2) is 4.98 Å². The van der Waals surface area contributed by atoms with E-state index in [9.17, 15) is 14.7 Å². The largest absolute Gasteiger partial charge is 0.506 e. The van der Waals surface area contributed by atoms with Gasteiger partial charge in [0.05, 0.1) is 5.52 Å². The minimum atomic E-state index is -0.253. The van der Waals surface area contributed by atoms with E-state index in [0.717, 1.165) is 18.3 Å². The van der Waals surface area contributed by atoms with E-state index in [4.69, 9.17) is 0 Å². The van der Waals surface area contributed by atoms with Crippen molar-refractivity contribution in [3.8, 4) is 17.0 Å². The molecule has 1 N–H and O–H groups in total. The third-order valence-electron chi connectivity index (χ3n) is 6.56. The number of fused-ring (bicyclic) bond motifs is 2. The van der Waals surface area contributed by atoms with Crippen LogP contribution in [-0.4, -0.2) is 38.8 Å². The number of para-hydroxylation sites is 1. The Hall–Kier alpha value is -2.40. The molecular weight excluding hydrogens is 573 g/mol. The van der Waals surface area contributed by atoms with Gasteiger partial charge in [0.15, 0.2) is 0 Å². The van der Waals surface area contributed by atoms with Crippen LogP contribution in [0.1, 0.15) is 36.2 Å². The number of carbonyl (C=O) groups excluding carboxylic acids is 1. The molecule has 2 heterocycles. The number of hydrogen-bond acceptors (Lipinski definition) is 4. The minimum Gasteiger partial charge on any atom is -0.506 e. The number of aromatic nitrogens is 2. The van der Waals surface area contributed by atoms with Crippen LogP contribution >= 0.6 is 0 Å². The second-order valence-electron chi connectivity index (χ2n) is 8.44. The molecule has 4 rings (SSSR count). The van der Waals surface area contributed by atoms with Crippen LogP contribution in [0.5, 0.6) is 5.75 Å². The van der Waals surface area contributed by atoms with Crippen molar-refractivity contribution in [2.45, 2.75) is 46.0 Å². The van der Waals surface area contributed by atoms with Gasteiger partial charge in [0.1, 0.15) is 24.2 Å². The Morgan fingerprint density at radius 2 is 1.81 bits per heavy atom. The van der Waals surface area contributed by atoms with Gasteiger partial charge in [0.2, 0.25) is 0 Å². The van der Waals surface area contributed by atoms with Crippen molar-refractivity contribution in [1.29, 1.82) is 0 Å². The molecule has 0 saturated heterocycles. The van der Waals surface area contributed by atoms with Gasteiger partial charge in [-0.2, -0.15) is 0 Å². The summed E-state index contributed by atoms with van der Waals surface area (Å²) >= 11 is 0. The summed E-state index contributed by atoms with van der Waals surface area (Å²) < 4.78 is 1.50. The third-order valence-corrected chi connectivity index (χ3v) is 6.56. The second-order valence-corrected chi connectivity index (χ2v) is 8.44. The number of carbonyl (C=O) groups is 1. The molecule has 1 aromatic heterocycles. The van der Waals surface area contributed by atoms with Crippen LogP contribution in [0.25, 0.3) is 22.3 Å². The van der Waals surface area contributed by atoms with E-state index in [-0.39, 0.29) is 50.0 Å². The number of amides is 1. The third kappa shape index (κ3) is 4.03. The number of hydrogen-bond donors (Lipinski definition) is 1. The maximum absolute atomic E-state index is 13.2. The summed E-state index contributed by atoms with van der Waals surface area (Å²) in [5.41, 5.74) is 3.04. The number of aryl methyl sites for hydroxylation is 1. The van der Waals surface area contributed by atoms with Gasteiger partial charge in [0.25, 0.3) is 11.5 Å². The smallest absolute Gasteiger partial charge is 0.277 e. The first-order valence-corrected chi connectivity index (χ1v) is 10.7. The van der Waals surface area contributed by atoms with Crippen LogP contribution in [0, 0.1) is 5.92 Å². The van der Waals surface area contributed by atoms with Crippen LogP contribution in [0.2, 0.25) is 13.1 Å². The van der Waals surface area contributed by atoms with Gasteiger partial charge in [-0.1, -0.05) is 44.7 Å². The molecule has 3 aromatic rings. The van der Waals surface area contributed by atoms with E-state index < -0.39 is 0 Å². The van der Waals surface area contributed by atoms with Gasteiger partial charge in [-0.05, 0) is 36.6 Å². The van der Waals surface area contributed by atoms with Gasteiger partial charge in [-0.15, -0.1) is 0 Å². The molecule has 0 aliphatic carbocycles. The zero-order valence-electron chi connectivity index (χ0n) is 18.8. The molecule has 2 atom stereocenters. The second kappa shape index (κ2) is 9.62. The van der Waals surface area contributed by atoms with Gasteiger partial charge < -0.3 is 14.6 Å². The van der Waals surface area contributed by atoms with E-state index in [0.29, 0.717) is 34.6 Å². The van der Waals surface area contributed by atoms with E-state index in [2.05, 4.69) is 32.9 Å². The Labute approximate surface area is 203 Å². The number of aromatic hydroxyl groups is 1. The van der Waals surface area contributed by atoms with Crippen LogP contribution in [0.3, 0.4) is 0 Å². The van der Waals surface area contributed by atoms with Crippen molar-refractivity contribution in [1.82, 2.24) is 14.5 Å². The molecule has 1 aliphatic rings. The van der Waals surface area contributed by atoms with Gasteiger partial charge >= 0.3 is 0 Å². The summed E-state index contributed by atoms with van der Waals surface area (Å²) in [7, 11) is 3.82. The standard InChI is InChI=1S/C24H27BN3O3.W/c1-14(11-12-25-3)15(2)28-13-18-16(7-5-8-17(18)23(28)30)21-24(31)27(4)19-9-6-10-20(29)22(19)26-21;/h5-10,14-15,29H,11-13H2,1-4H3;. The molecule has 165 valence electrons. The van der Waals surface area contributed by atoms with Crippen LogP contribution < -0.4 is 5.56 Å². The quantitative estimate of drug-likeness (QED) is 0.437. The molecule has 0 spiro atoms. The predicted octanol–water partition coefficient (Wildman–Crippen LogP) is 3.84. The molecule has 0 fully saturated rings. The molecule has 2 aromatic carbocycles. The van der Waals surface area contributed by atoms with Crippen molar-refractivity contribution >= 4 is 24.2 Å². The maximum Gasteiger partial charge on any atom is 0.277 e. The predicted molar refractivity (Wildman–Crippen MR) is 124 cm³/mol. The fraction of sp³-hybridized carbons (Fsp3) is 0.375. The number of nitrogens with zero attached hydrogens (tertiary/aromatic N) is 3. The Morgan fingerprint density at radius 1 is 1.12 bits per heavy atom. The van der Waals surface area contributed by atoms with Crippen molar-refractivity contribution in [3.05, 3.63) is 57.9 Å². The van der Waals surface area contributed by atoms with Gasteiger partial charge in [-0.3, -0.25) is 9.59 Å². The Bertz CT molecular complexity index is 1230. The maximum atomic E-state index is 13.2. The molecular formula is C24H27BN3O3W. The molecule has 1 radical (unpaired) electrons. The average Bonchev–Trinajstić information content (AvgIpc) is 3.11. The summed E-state index contributed by atoms with van der Waals surface area (Å²) in [4.78, 5) is 32.8. The average molecular weight is 600 g/mol. The normalized spacial score (nSPS) is 14.8. The van der Waals surface area contributed by atoms with Crippen LogP contribution in [0.15, 0.2) is 41.2 Å². The number of rotatable bonds is 6. The van der Waals surface area contributed by atoms with E-state index in [1.807, 2.05) is 17.0 Å². The van der Waals surface area contributed by atoms with Crippen molar-refractivity contribution in [2.24, 2.45) is 13.0 Å². The van der Waals surface area contributed by atoms with Crippen molar-refractivity contribution < 1.29 is 31.0 Å². The molecule has 2 unspecified atom stereocenters. The van der Waals surface area contributed by atoms with E-state index in [1.54, 1.807) is 31.3 Å². The number of phenols is 1. The number of phenolic OH excluding ortho intramolecular Hbond substituents is 1. The van der Waals surface area contributed by atoms with Crippen LogP contribution in [-0.2, 0) is 34.7 Å². The molecule has 1 aliphatic heterocycles. The Morgan fingerprint density at radius 3 is 2.53 bits per heavy atom. The fourth-order valence-corrected chi connectivity index (χ4v) is 4.39. The summed E-state index contributed by atoms with van der Waals surface area (Å²) in [6, 6.07) is 10.5. The number of benzene rings is 2. The van der Waals surface area contributed by atoms with Crippen LogP contribution in [0.4, 0.5) is 0 Å². The Kier molecular flexibility index (Phi) is 7.29. The molecule has 8 heteroatoms. The first-order valence-electron chi connectivity index (χ1n) is 10.7. The first kappa shape index (κ1) is 24.2. The molecule has 6 nitrogen and oxygen atoms in total. The first-order chi connectivity index (χ1) is 14.8. The fourth-order valence-electron chi connectivity index (χ4n) is 4.39. The topological polar surface area (TPSA) is 75.4 Å². The Balaban J connectivity index is 0.00000289. The molecule has 0 saturated carbocycles. The minimum absolute atomic E-state index is 0. The van der Waals surface area contributed by atoms with E-state index >= 15 is 0 Å². The van der Waals surface area contributed by atoms with Crippen molar-refractivity contribution in [2.75, 3.05) is 0 Å². The summed E-state index contributed by atoms with van der Waals surface area (Å²) in [6.07, 6.45) is 2.04. The summed E-state index contributed by atoms with van der Waals surface area (Å²) in [5, 5.41) is 10.3. The zero-order valence-corrected chi connectivity index (χ0v) is 21.8. The van der Waals surface area contributed by atoms with Gasteiger partial charge in [0, 0.05) is 51.8 Å². The SMILES string of the molecule is C[B]CCC(C)C(C)N1Cc2c(cccc2-c2nc3c(O)cccc3n(C)c2=O)C1=O.[W]. The zero-order chi connectivity index (χ0) is 22.3.